The molecule has 9 atom stereocenters. The van der Waals surface area contributed by atoms with Gasteiger partial charge in [-0.1, -0.05) is 39.8 Å². The zero-order chi connectivity index (χ0) is 47.2. The van der Waals surface area contributed by atoms with E-state index in [1.807, 2.05) is 9.80 Å². The van der Waals surface area contributed by atoms with Crippen molar-refractivity contribution in [3.63, 3.8) is 0 Å². The Hall–Kier alpha value is -5.06. The number of rotatable bonds is 13. The molecule has 3 fully saturated rings. The van der Waals surface area contributed by atoms with Gasteiger partial charge in [-0.25, -0.2) is 19.6 Å². The van der Waals surface area contributed by atoms with E-state index < -0.39 is 94.6 Å². The van der Waals surface area contributed by atoms with E-state index in [0.29, 0.717) is 56.6 Å². The molecular formula is C44H57N9O10S2. The predicted octanol–water partition coefficient (Wildman–Crippen LogP) is 3.64. The molecule has 3 saturated heterocycles. The zero-order valence-corrected chi connectivity index (χ0v) is 39.1. The van der Waals surface area contributed by atoms with Crippen LogP contribution < -0.4 is 27.0 Å². The van der Waals surface area contributed by atoms with Crippen LogP contribution in [0.4, 0.5) is 15.3 Å². The minimum atomic E-state index is -1.93. The summed E-state index contributed by atoms with van der Waals surface area (Å²) in [7, 11) is 2.74. The van der Waals surface area contributed by atoms with Crippen LogP contribution in [0.2, 0.25) is 0 Å². The summed E-state index contributed by atoms with van der Waals surface area (Å²) in [5, 5.41) is 28.4. The number of methoxy groups -OCH3 is 2. The largest absolute Gasteiger partial charge is 0.465 e. The minimum Gasteiger partial charge on any atom is -0.465 e. The number of carbonyl (C=O) groups excluding carboxylic acids is 4. The molecule has 5 aliphatic rings. The van der Waals surface area contributed by atoms with Gasteiger partial charge in [0.1, 0.15) is 10.0 Å². The third-order valence-electron chi connectivity index (χ3n) is 15.3. The van der Waals surface area contributed by atoms with E-state index in [0.717, 1.165) is 11.3 Å². The summed E-state index contributed by atoms with van der Waals surface area (Å²) in [5.74, 6) is -3.53. The molecule has 0 aliphatic carbocycles. The average molecular weight is 936 g/mol. The molecule has 5 aliphatic heterocycles. The number of thiazole rings is 2. The van der Waals surface area contributed by atoms with Crippen molar-refractivity contribution in [1.82, 2.24) is 30.4 Å². The topological polar surface area (TPSA) is 273 Å². The van der Waals surface area contributed by atoms with E-state index in [4.69, 9.17) is 30.9 Å². The number of aromatic nitrogens is 2. The fourth-order valence-electron chi connectivity index (χ4n) is 12.5. The molecule has 4 bridgehead atoms. The van der Waals surface area contributed by atoms with Gasteiger partial charge < -0.3 is 36.1 Å². The maximum Gasteiger partial charge on any atom is 0.411 e. The minimum absolute atomic E-state index is 0.168. The lowest BCUT2D eigenvalue weighted by Gasteiger charge is -2.56. The third kappa shape index (κ3) is 6.39. The second kappa shape index (κ2) is 16.1. The first kappa shape index (κ1) is 46.5. The van der Waals surface area contributed by atoms with Gasteiger partial charge in [-0.2, -0.15) is 0 Å². The highest BCUT2D eigenvalue weighted by Crippen LogP contribution is 2.62. The molecular weight excluding hydrogens is 879 g/mol. The highest BCUT2D eigenvalue weighted by atomic mass is 32.1. The van der Waals surface area contributed by atoms with E-state index in [9.17, 15) is 39.0 Å². The van der Waals surface area contributed by atoms with E-state index in [1.54, 1.807) is 10.8 Å². The van der Waals surface area contributed by atoms with Crippen molar-refractivity contribution in [1.29, 1.82) is 0 Å². The van der Waals surface area contributed by atoms with Crippen molar-refractivity contribution in [3.8, 4) is 0 Å². The van der Waals surface area contributed by atoms with Crippen molar-refractivity contribution in [3.05, 3.63) is 62.0 Å². The Balaban J connectivity index is 1.33. The van der Waals surface area contributed by atoms with Gasteiger partial charge in [-0.15, -0.1) is 22.7 Å². The molecule has 8 N–H and O–H groups in total. The number of imide groups is 2. The Labute approximate surface area is 384 Å². The van der Waals surface area contributed by atoms with Crippen LogP contribution in [-0.2, 0) is 56.3 Å². The number of nitrogens with zero attached hydrogens (tertiary/aromatic N) is 5. The number of carboxylic acid groups (broad SMARTS) is 2. The maximum atomic E-state index is 15.0. The molecule has 8 rings (SSSR count). The quantitative estimate of drug-likeness (QED) is 0.143. The van der Waals surface area contributed by atoms with Gasteiger partial charge in [0.15, 0.2) is 22.3 Å². The van der Waals surface area contributed by atoms with Crippen LogP contribution in [-0.4, -0.2) is 117 Å². The van der Waals surface area contributed by atoms with Gasteiger partial charge >= 0.3 is 12.2 Å². The fraction of sp³-hybridized carbons (Fsp3) is 0.591. The molecule has 1 aromatic carbocycles. The molecule has 3 aromatic rings. The zero-order valence-electron chi connectivity index (χ0n) is 37.5. The number of amides is 6. The summed E-state index contributed by atoms with van der Waals surface area (Å²) in [6, 6.07) is 6.93. The Bertz CT molecular complexity index is 2440. The Kier molecular flexibility index (Phi) is 11.5. The van der Waals surface area contributed by atoms with E-state index in [-0.39, 0.29) is 21.3 Å². The molecule has 7 heterocycles. The molecule has 6 amide bonds. The number of hydrogen-bond acceptors (Lipinski definition) is 15. The lowest BCUT2D eigenvalue weighted by Crippen LogP contribution is -2.73. The number of carbonyl (C=O) groups is 6. The molecule has 21 heteroatoms. The predicted molar refractivity (Wildman–Crippen MR) is 238 cm³/mol. The normalized spacial score (nSPS) is 33.1. The molecule has 19 nitrogen and oxygen atoms in total. The molecule has 350 valence electrons. The van der Waals surface area contributed by atoms with Gasteiger partial charge in [0.25, 0.3) is 11.8 Å². The van der Waals surface area contributed by atoms with E-state index >= 15 is 0 Å². The summed E-state index contributed by atoms with van der Waals surface area (Å²) in [5.41, 5.74) is 5.94. The lowest BCUT2D eigenvalue weighted by molar-refractivity contribution is -0.178. The number of nitrogens with two attached hydrogens (primary N) is 2. The summed E-state index contributed by atoms with van der Waals surface area (Å²) >= 11 is 2.37. The monoisotopic (exact) mass is 935 g/mol. The van der Waals surface area contributed by atoms with Crippen LogP contribution in [0.15, 0.2) is 35.0 Å². The van der Waals surface area contributed by atoms with Crippen molar-refractivity contribution >= 4 is 64.2 Å². The van der Waals surface area contributed by atoms with Crippen LogP contribution in [0.5, 0.6) is 0 Å². The standard InChI is InChI=1S/C44H57N9O10S2/c1-23-18-27(26-10-8-16-51(26)43(33(56)49-37(58)59)35-47-28(21-64-35)41(43,62-6)19-31(45)54)53(25-14-12-24(13-15-25)39(2,3)4)40(23,5)30-11-9-17-52(30)44(34(57)50-38(60)61)36-48-29(22-65-36)42(44,63-7)20-32(46)55/h12-15,21-23,26-27,30H,8-11,16-20H2,1-7H3,(H2,45,54)(H2,46,55)(H,49,56)(H,50,57)(H,58,59)(H,60,61)/t23?,26?,27-,30?,40-,41+,42+,43+,44+/m1/s1. The molecule has 0 saturated carbocycles. The molecule has 65 heavy (non-hydrogen) atoms. The highest BCUT2D eigenvalue weighted by molar-refractivity contribution is 7.10. The Morgan fingerprint density at radius 3 is 1.72 bits per heavy atom. The fourth-order valence-corrected chi connectivity index (χ4v) is 14.9. The van der Waals surface area contributed by atoms with Gasteiger partial charge in [-0.05, 0) is 68.1 Å². The number of anilines is 1. The van der Waals surface area contributed by atoms with Crippen molar-refractivity contribution < 1.29 is 48.5 Å². The van der Waals surface area contributed by atoms with Gasteiger partial charge in [0.2, 0.25) is 11.8 Å². The summed E-state index contributed by atoms with van der Waals surface area (Å²) < 4.78 is 12.5. The smallest absolute Gasteiger partial charge is 0.411 e. The van der Waals surface area contributed by atoms with E-state index in [2.05, 4.69) is 74.4 Å². The van der Waals surface area contributed by atoms with Crippen LogP contribution in [0, 0.1) is 5.92 Å². The second-order valence-corrected chi connectivity index (χ2v) is 20.9. The summed E-state index contributed by atoms with van der Waals surface area (Å²) in [6.07, 6.45) is -1.24. The number of ether oxygens (including phenoxy) is 2. The first-order valence-electron chi connectivity index (χ1n) is 21.7. The summed E-state index contributed by atoms with van der Waals surface area (Å²) in [4.78, 5) is 96.6. The van der Waals surface area contributed by atoms with Crippen LogP contribution in [0.3, 0.4) is 0 Å². The van der Waals surface area contributed by atoms with Crippen molar-refractivity contribution in [2.24, 2.45) is 17.4 Å². The maximum absolute atomic E-state index is 15.0. The van der Waals surface area contributed by atoms with E-state index in [1.165, 1.54) is 36.9 Å². The molecule has 0 radical (unpaired) electrons. The SMILES string of the molecule is CO[C@@]1(CC(N)=O)c2csc(n2)[C@]1(C(=O)NC(=O)O)N1CCCC1[C@H]1CC(C)[C@](C)(C2CCCN2[C@@]2(C(=O)NC(=O)O)c3nc(cs3)[C@]2(CC(N)=O)OC)N1c1ccc(C(C)(C)C)cc1. The number of fused-ring (bicyclic) bond motifs is 4. The Morgan fingerprint density at radius 1 is 0.785 bits per heavy atom. The van der Waals surface area contributed by atoms with Gasteiger partial charge in [-0.3, -0.25) is 39.6 Å². The van der Waals surface area contributed by atoms with Gasteiger partial charge in [0, 0.05) is 61.9 Å². The number of benzene rings is 1. The number of nitrogens with one attached hydrogen (secondary N) is 2. The molecule has 3 unspecified atom stereocenters. The highest BCUT2D eigenvalue weighted by Gasteiger charge is 2.75. The lowest BCUT2D eigenvalue weighted by atomic mass is 9.72. The average Bonchev–Trinajstić information content (AvgIpc) is 4.09. The first-order chi connectivity index (χ1) is 30.6. The van der Waals surface area contributed by atoms with Crippen LogP contribution in [0.25, 0.3) is 0 Å². The first-order valence-corrected chi connectivity index (χ1v) is 23.5. The number of hydrogen-bond donors (Lipinski definition) is 6. The van der Waals surface area contributed by atoms with Crippen LogP contribution >= 0.6 is 22.7 Å². The molecule has 0 spiro atoms. The van der Waals surface area contributed by atoms with Crippen molar-refractivity contribution in [2.75, 3.05) is 32.2 Å². The van der Waals surface area contributed by atoms with Crippen molar-refractivity contribution in [2.45, 2.75) is 131 Å². The second-order valence-electron chi connectivity index (χ2n) is 19.2. The number of primary amides is 2. The number of likely N-dealkylation sites (tertiary alicyclic amines) is 2. The third-order valence-corrected chi connectivity index (χ3v) is 17.2. The summed E-state index contributed by atoms with van der Waals surface area (Å²) in [6.45, 7) is 11.3. The van der Waals surface area contributed by atoms with Crippen LogP contribution in [0.1, 0.15) is 107 Å². The Morgan fingerprint density at radius 2 is 1.26 bits per heavy atom. The van der Waals surface area contributed by atoms with Gasteiger partial charge in [0.05, 0.1) is 29.8 Å². The molecule has 2 aromatic heterocycles.